The van der Waals surface area contributed by atoms with Crippen LogP contribution in [0.1, 0.15) is 11.1 Å². The first-order chi connectivity index (χ1) is 7.43. The summed E-state index contributed by atoms with van der Waals surface area (Å²) in [4.78, 5) is 21.8. The van der Waals surface area contributed by atoms with Gasteiger partial charge in [0.25, 0.3) is 0 Å². The first-order valence-electron chi connectivity index (χ1n) is 4.51. The van der Waals surface area contributed by atoms with Crippen molar-refractivity contribution >= 4 is 23.0 Å². The Balaban J connectivity index is 3.14. The molecule has 0 fully saturated rings. The van der Waals surface area contributed by atoms with E-state index in [1.165, 1.54) is 0 Å². The Morgan fingerprint density at radius 1 is 0.938 bits per heavy atom. The maximum atomic E-state index is 10.9. The van der Waals surface area contributed by atoms with Crippen LogP contribution >= 0.6 is 0 Å². The van der Waals surface area contributed by atoms with E-state index in [0.29, 0.717) is 11.1 Å². The molecule has 16 heavy (non-hydrogen) atoms. The van der Waals surface area contributed by atoms with Crippen molar-refractivity contribution in [2.24, 2.45) is 11.5 Å². The van der Waals surface area contributed by atoms with E-state index in [0.717, 1.165) is 0 Å². The van der Waals surface area contributed by atoms with E-state index in [1.807, 2.05) is 0 Å². The van der Waals surface area contributed by atoms with Crippen LogP contribution in [0.15, 0.2) is 37.4 Å². The van der Waals surface area contributed by atoms with Crippen LogP contribution in [0.5, 0.6) is 0 Å². The molecular formula is C12H12N2O2. The molecule has 0 aliphatic rings. The molecule has 0 heterocycles. The third-order valence-electron chi connectivity index (χ3n) is 2.15. The lowest BCUT2D eigenvalue weighted by Gasteiger charge is -2.05. The second kappa shape index (κ2) is 4.44. The van der Waals surface area contributed by atoms with Gasteiger partial charge in [0.1, 0.15) is 0 Å². The first-order valence-corrected chi connectivity index (χ1v) is 4.51. The Hall–Kier alpha value is -2.36. The van der Waals surface area contributed by atoms with E-state index in [2.05, 4.69) is 13.2 Å². The number of carbonyl (C=O) groups is 2. The van der Waals surface area contributed by atoms with E-state index in [9.17, 15) is 9.59 Å². The van der Waals surface area contributed by atoms with Crippen molar-refractivity contribution in [3.8, 4) is 0 Å². The van der Waals surface area contributed by atoms with Gasteiger partial charge in [-0.1, -0.05) is 31.4 Å². The molecule has 1 rings (SSSR count). The topological polar surface area (TPSA) is 86.2 Å². The predicted molar refractivity (Wildman–Crippen MR) is 62.9 cm³/mol. The summed E-state index contributed by atoms with van der Waals surface area (Å²) in [6.45, 7) is 7.10. The van der Waals surface area contributed by atoms with Gasteiger partial charge in [0.15, 0.2) is 0 Å². The van der Waals surface area contributed by atoms with Crippen molar-refractivity contribution in [3.63, 3.8) is 0 Å². The molecule has 4 nitrogen and oxygen atoms in total. The highest BCUT2D eigenvalue weighted by Gasteiger charge is 2.09. The molecule has 4 heteroatoms. The third-order valence-corrected chi connectivity index (χ3v) is 2.15. The molecule has 0 aromatic heterocycles. The molecule has 0 radical (unpaired) electrons. The van der Waals surface area contributed by atoms with Crippen LogP contribution in [0.4, 0.5) is 0 Å². The second-order valence-electron chi connectivity index (χ2n) is 3.27. The van der Waals surface area contributed by atoms with Crippen LogP contribution in [-0.2, 0) is 9.59 Å². The van der Waals surface area contributed by atoms with Crippen molar-refractivity contribution < 1.29 is 9.59 Å². The highest BCUT2D eigenvalue weighted by atomic mass is 16.1. The van der Waals surface area contributed by atoms with E-state index in [4.69, 9.17) is 11.5 Å². The second-order valence-corrected chi connectivity index (χ2v) is 3.27. The summed E-state index contributed by atoms with van der Waals surface area (Å²) >= 11 is 0. The quantitative estimate of drug-likeness (QED) is 0.725. The Morgan fingerprint density at radius 2 is 1.31 bits per heavy atom. The fourth-order valence-electron chi connectivity index (χ4n) is 1.18. The number of hydrogen-bond acceptors (Lipinski definition) is 2. The average molecular weight is 216 g/mol. The summed E-state index contributed by atoms with van der Waals surface area (Å²) in [5.41, 5.74) is 11.7. The minimum atomic E-state index is -0.609. The molecule has 1 aromatic rings. The molecule has 0 aliphatic heterocycles. The molecule has 0 atom stereocenters. The summed E-state index contributed by atoms with van der Waals surface area (Å²) in [6, 6.07) is 6.61. The van der Waals surface area contributed by atoms with E-state index >= 15 is 0 Å². The number of primary amides is 2. The minimum absolute atomic E-state index is 0.180. The Kier molecular flexibility index (Phi) is 3.25. The molecule has 0 spiro atoms. The van der Waals surface area contributed by atoms with E-state index in [-0.39, 0.29) is 11.1 Å². The zero-order valence-electron chi connectivity index (χ0n) is 8.69. The number of amides is 2. The summed E-state index contributed by atoms with van der Waals surface area (Å²) in [7, 11) is 0. The standard InChI is InChI=1S/C12H12N2O2/c1-7(11(13)15)9-4-3-5-10(6-9)8(2)12(14)16/h3-6H,1-2H2,(H2,13,15)(H2,14,16). The van der Waals surface area contributed by atoms with Crippen LogP contribution < -0.4 is 11.5 Å². The normalized spacial score (nSPS) is 9.50. The van der Waals surface area contributed by atoms with Crippen LogP contribution in [-0.4, -0.2) is 11.8 Å². The average Bonchev–Trinajstić information content (AvgIpc) is 2.26. The van der Waals surface area contributed by atoms with Gasteiger partial charge in [-0.05, 0) is 17.2 Å². The molecule has 0 saturated carbocycles. The Morgan fingerprint density at radius 3 is 1.62 bits per heavy atom. The molecule has 2 amide bonds. The van der Waals surface area contributed by atoms with Crippen molar-refractivity contribution in [1.29, 1.82) is 0 Å². The van der Waals surface area contributed by atoms with Crippen LogP contribution in [0.2, 0.25) is 0 Å². The molecule has 0 aliphatic carbocycles. The third kappa shape index (κ3) is 2.36. The number of nitrogens with two attached hydrogens (primary N) is 2. The highest BCUT2D eigenvalue weighted by molar-refractivity contribution is 6.20. The van der Waals surface area contributed by atoms with E-state index < -0.39 is 11.8 Å². The van der Waals surface area contributed by atoms with Gasteiger partial charge in [0, 0.05) is 11.1 Å². The lowest BCUT2D eigenvalue weighted by molar-refractivity contribution is -0.113. The van der Waals surface area contributed by atoms with Gasteiger partial charge >= 0.3 is 0 Å². The molecule has 0 bridgehead atoms. The molecule has 0 saturated heterocycles. The summed E-state index contributed by atoms with van der Waals surface area (Å²) < 4.78 is 0. The maximum Gasteiger partial charge on any atom is 0.248 e. The number of carbonyl (C=O) groups excluding carboxylic acids is 2. The number of hydrogen-bond donors (Lipinski definition) is 2. The van der Waals surface area contributed by atoms with Gasteiger partial charge in [-0.25, -0.2) is 0 Å². The lowest BCUT2D eigenvalue weighted by atomic mass is 10.00. The van der Waals surface area contributed by atoms with Gasteiger partial charge < -0.3 is 11.5 Å². The zero-order chi connectivity index (χ0) is 12.3. The molecule has 82 valence electrons. The fourth-order valence-corrected chi connectivity index (χ4v) is 1.18. The number of benzene rings is 1. The van der Waals surface area contributed by atoms with Crippen LogP contribution in [0.3, 0.4) is 0 Å². The summed E-state index contributed by atoms with van der Waals surface area (Å²) in [6.07, 6.45) is 0. The zero-order valence-corrected chi connectivity index (χ0v) is 8.69. The van der Waals surface area contributed by atoms with Crippen molar-refractivity contribution in [1.82, 2.24) is 0 Å². The smallest absolute Gasteiger partial charge is 0.248 e. The monoisotopic (exact) mass is 216 g/mol. The summed E-state index contributed by atoms with van der Waals surface area (Å²) in [5, 5.41) is 0. The SMILES string of the molecule is C=C(C(N)=O)c1cccc(C(=C)C(N)=O)c1. The molecule has 1 aromatic carbocycles. The van der Waals surface area contributed by atoms with Crippen molar-refractivity contribution in [2.75, 3.05) is 0 Å². The highest BCUT2D eigenvalue weighted by Crippen LogP contribution is 2.18. The van der Waals surface area contributed by atoms with Gasteiger partial charge in [-0.3, -0.25) is 9.59 Å². The molecule has 0 unspecified atom stereocenters. The molecule has 4 N–H and O–H groups in total. The molecular weight excluding hydrogens is 204 g/mol. The Labute approximate surface area is 93.2 Å². The van der Waals surface area contributed by atoms with Gasteiger partial charge in [-0.15, -0.1) is 0 Å². The van der Waals surface area contributed by atoms with Gasteiger partial charge in [0.2, 0.25) is 11.8 Å². The fraction of sp³-hybridized carbons (Fsp3) is 0. The Bertz CT molecular complexity index is 448. The van der Waals surface area contributed by atoms with Crippen LogP contribution in [0.25, 0.3) is 11.1 Å². The van der Waals surface area contributed by atoms with Gasteiger partial charge in [-0.2, -0.15) is 0 Å². The minimum Gasteiger partial charge on any atom is -0.366 e. The van der Waals surface area contributed by atoms with Gasteiger partial charge in [0.05, 0.1) is 0 Å². The largest absolute Gasteiger partial charge is 0.366 e. The van der Waals surface area contributed by atoms with Crippen molar-refractivity contribution in [3.05, 3.63) is 48.6 Å². The predicted octanol–water partition coefficient (Wildman–Crippen LogP) is 0.684. The van der Waals surface area contributed by atoms with Crippen molar-refractivity contribution in [2.45, 2.75) is 0 Å². The maximum absolute atomic E-state index is 10.9. The first kappa shape index (κ1) is 11.7. The summed E-state index contributed by atoms with van der Waals surface area (Å²) in [5.74, 6) is -1.22. The van der Waals surface area contributed by atoms with Crippen LogP contribution in [0, 0.1) is 0 Å². The van der Waals surface area contributed by atoms with E-state index in [1.54, 1.807) is 24.3 Å². The lowest BCUT2D eigenvalue weighted by Crippen LogP contribution is -2.13. The number of rotatable bonds is 4.